The fourth-order valence-corrected chi connectivity index (χ4v) is 3.27. The van der Waals surface area contributed by atoms with Gasteiger partial charge in [-0.2, -0.15) is 0 Å². The van der Waals surface area contributed by atoms with E-state index in [1.807, 2.05) is 55.5 Å². The Balaban J connectivity index is 1.65. The number of rotatable bonds is 8. The number of halogens is 2. The van der Waals surface area contributed by atoms with Crippen molar-refractivity contribution in [1.82, 2.24) is 0 Å². The topological polar surface area (TPSA) is 30.5 Å². The molecule has 0 fully saturated rings. The van der Waals surface area contributed by atoms with Crippen LogP contribution in [-0.2, 0) is 13.2 Å². The molecule has 0 saturated carbocycles. The maximum absolute atomic E-state index is 6.06. The second-order valence-corrected chi connectivity index (χ2v) is 7.81. The number of anilines is 1. The van der Waals surface area contributed by atoms with Crippen LogP contribution in [0.2, 0.25) is 0 Å². The van der Waals surface area contributed by atoms with Gasteiger partial charge in [0.15, 0.2) is 0 Å². The largest absolute Gasteiger partial charge is 0.494 e. The number of benzene rings is 3. The Morgan fingerprint density at radius 3 is 2.22 bits per heavy atom. The molecule has 3 aromatic rings. The molecule has 0 saturated heterocycles. The molecule has 3 aromatic carbocycles. The summed E-state index contributed by atoms with van der Waals surface area (Å²) in [7, 11) is 0. The molecule has 0 spiro atoms. The summed E-state index contributed by atoms with van der Waals surface area (Å²) in [6, 6.07) is 22.2. The second-order valence-electron chi connectivity index (χ2n) is 5.98. The van der Waals surface area contributed by atoms with Gasteiger partial charge in [0, 0.05) is 26.7 Å². The molecule has 0 aliphatic heterocycles. The summed E-state index contributed by atoms with van der Waals surface area (Å²) in [5.41, 5.74) is 3.26. The molecule has 3 nitrogen and oxygen atoms in total. The van der Waals surface area contributed by atoms with Crippen molar-refractivity contribution < 1.29 is 9.47 Å². The Bertz CT molecular complexity index is 864. The number of hydrogen-bond acceptors (Lipinski definition) is 3. The zero-order valence-electron chi connectivity index (χ0n) is 15.0. The molecular formula is C22H21Br2NO2. The standard InChI is InChI=1S/C22H21Br2NO2/c1-2-26-21-10-8-20(9-11-21)25-14-17-13-19(24)7-12-22(17)27-15-16-3-5-18(23)6-4-16/h3-13,25H,2,14-15H2,1H3. The highest BCUT2D eigenvalue weighted by Crippen LogP contribution is 2.26. The maximum Gasteiger partial charge on any atom is 0.124 e. The fraction of sp³-hybridized carbons (Fsp3) is 0.182. The van der Waals surface area contributed by atoms with E-state index in [4.69, 9.17) is 9.47 Å². The van der Waals surface area contributed by atoms with E-state index in [9.17, 15) is 0 Å². The van der Waals surface area contributed by atoms with Crippen LogP contribution in [0.25, 0.3) is 0 Å². The highest BCUT2D eigenvalue weighted by atomic mass is 79.9. The van der Waals surface area contributed by atoms with Crippen molar-refractivity contribution in [3.63, 3.8) is 0 Å². The van der Waals surface area contributed by atoms with Gasteiger partial charge in [-0.1, -0.05) is 44.0 Å². The minimum Gasteiger partial charge on any atom is -0.494 e. The molecule has 1 N–H and O–H groups in total. The van der Waals surface area contributed by atoms with Gasteiger partial charge in [-0.3, -0.25) is 0 Å². The molecule has 0 radical (unpaired) electrons. The van der Waals surface area contributed by atoms with Crippen LogP contribution >= 0.6 is 31.9 Å². The van der Waals surface area contributed by atoms with Crippen LogP contribution in [0, 0.1) is 0 Å². The van der Waals surface area contributed by atoms with E-state index in [2.05, 4.69) is 55.4 Å². The molecule has 0 aromatic heterocycles. The van der Waals surface area contributed by atoms with Crippen LogP contribution in [0.5, 0.6) is 11.5 Å². The van der Waals surface area contributed by atoms with Crippen molar-refractivity contribution in [2.45, 2.75) is 20.1 Å². The van der Waals surface area contributed by atoms with E-state index >= 15 is 0 Å². The molecule has 0 amide bonds. The third-order valence-corrected chi connectivity index (χ3v) is 5.00. The van der Waals surface area contributed by atoms with Gasteiger partial charge in [0.05, 0.1) is 6.61 Å². The van der Waals surface area contributed by atoms with Crippen LogP contribution in [0.3, 0.4) is 0 Å². The highest BCUT2D eigenvalue weighted by molar-refractivity contribution is 9.10. The summed E-state index contributed by atoms with van der Waals surface area (Å²) < 4.78 is 13.6. The lowest BCUT2D eigenvalue weighted by Crippen LogP contribution is -2.04. The summed E-state index contributed by atoms with van der Waals surface area (Å²) in [6.45, 7) is 3.85. The first-order valence-electron chi connectivity index (χ1n) is 8.76. The van der Waals surface area contributed by atoms with Crippen molar-refractivity contribution in [2.75, 3.05) is 11.9 Å². The average molecular weight is 491 g/mol. The minimum atomic E-state index is 0.533. The Morgan fingerprint density at radius 2 is 1.52 bits per heavy atom. The van der Waals surface area contributed by atoms with Crippen LogP contribution < -0.4 is 14.8 Å². The number of ether oxygens (including phenoxy) is 2. The first kappa shape index (κ1) is 19.8. The van der Waals surface area contributed by atoms with Gasteiger partial charge in [0.25, 0.3) is 0 Å². The van der Waals surface area contributed by atoms with Gasteiger partial charge in [0.2, 0.25) is 0 Å². The van der Waals surface area contributed by atoms with E-state index in [0.29, 0.717) is 19.8 Å². The predicted octanol–water partition coefficient (Wildman–Crippen LogP) is 6.80. The molecule has 0 heterocycles. The normalized spacial score (nSPS) is 10.5. The fourth-order valence-electron chi connectivity index (χ4n) is 2.60. The SMILES string of the molecule is CCOc1ccc(NCc2cc(Br)ccc2OCc2ccc(Br)cc2)cc1. The molecule has 0 unspecified atom stereocenters. The van der Waals surface area contributed by atoms with E-state index in [-0.39, 0.29) is 0 Å². The lowest BCUT2D eigenvalue weighted by Gasteiger charge is -2.14. The molecule has 140 valence electrons. The molecule has 5 heteroatoms. The van der Waals surface area contributed by atoms with Crippen molar-refractivity contribution >= 4 is 37.5 Å². The van der Waals surface area contributed by atoms with E-state index in [1.54, 1.807) is 0 Å². The van der Waals surface area contributed by atoms with Crippen LogP contribution in [-0.4, -0.2) is 6.61 Å². The van der Waals surface area contributed by atoms with E-state index in [0.717, 1.165) is 37.3 Å². The molecule has 0 bridgehead atoms. The smallest absolute Gasteiger partial charge is 0.124 e. The van der Waals surface area contributed by atoms with Gasteiger partial charge in [-0.05, 0) is 67.1 Å². The predicted molar refractivity (Wildman–Crippen MR) is 118 cm³/mol. The Kier molecular flexibility index (Phi) is 7.18. The summed E-state index contributed by atoms with van der Waals surface area (Å²) in [6.07, 6.45) is 0. The molecular weight excluding hydrogens is 470 g/mol. The first-order valence-corrected chi connectivity index (χ1v) is 10.3. The third-order valence-electron chi connectivity index (χ3n) is 3.98. The van der Waals surface area contributed by atoms with E-state index in [1.165, 1.54) is 0 Å². The second kappa shape index (κ2) is 9.81. The lowest BCUT2D eigenvalue weighted by molar-refractivity contribution is 0.303. The third kappa shape index (κ3) is 6.01. The van der Waals surface area contributed by atoms with Gasteiger partial charge >= 0.3 is 0 Å². The monoisotopic (exact) mass is 489 g/mol. The lowest BCUT2D eigenvalue weighted by atomic mass is 10.2. The van der Waals surface area contributed by atoms with Gasteiger partial charge < -0.3 is 14.8 Å². The molecule has 27 heavy (non-hydrogen) atoms. The molecule has 0 aliphatic carbocycles. The van der Waals surface area contributed by atoms with Crippen LogP contribution in [0.15, 0.2) is 75.7 Å². The summed E-state index contributed by atoms with van der Waals surface area (Å²) in [5.74, 6) is 1.75. The summed E-state index contributed by atoms with van der Waals surface area (Å²) in [5, 5.41) is 3.44. The van der Waals surface area contributed by atoms with Crippen LogP contribution in [0.4, 0.5) is 5.69 Å². The van der Waals surface area contributed by atoms with Crippen molar-refractivity contribution in [3.05, 3.63) is 86.8 Å². The summed E-state index contributed by atoms with van der Waals surface area (Å²) >= 11 is 7.00. The molecule has 3 rings (SSSR count). The molecule has 0 aliphatic rings. The minimum absolute atomic E-state index is 0.533. The van der Waals surface area contributed by atoms with Crippen LogP contribution in [0.1, 0.15) is 18.1 Å². The number of nitrogens with one attached hydrogen (secondary N) is 1. The Morgan fingerprint density at radius 1 is 0.815 bits per heavy atom. The van der Waals surface area contributed by atoms with Crippen molar-refractivity contribution in [2.24, 2.45) is 0 Å². The van der Waals surface area contributed by atoms with E-state index < -0.39 is 0 Å². The quantitative estimate of drug-likeness (QED) is 0.376. The first-order chi connectivity index (χ1) is 13.1. The zero-order valence-corrected chi connectivity index (χ0v) is 18.2. The summed E-state index contributed by atoms with van der Waals surface area (Å²) in [4.78, 5) is 0. The van der Waals surface area contributed by atoms with Crippen molar-refractivity contribution in [1.29, 1.82) is 0 Å². The Labute approximate surface area is 177 Å². The molecule has 0 atom stereocenters. The maximum atomic E-state index is 6.06. The number of hydrogen-bond donors (Lipinski definition) is 1. The van der Waals surface area contributed by atoms with Gasteiger partial charge in [-0.25, -0.2) is 0 Å². The Hall–Kier alpha value is -1.98. The van der Waals surface area contributed by atoms with Crippen molar-refractivity contribution in [3.8, 4) is 11.5 Å². The van der Waals surface area contributed by atoms with Gasteiger partial charge in [-0.15, -0.1) is 0 Å². The zero-order chi connectivity index (χ0) is 19.1. The highest BCUT2D eigenvalue weighted by Gasteiger charge is 2.06. The average Bonchev–Trinajstić information content (AvgIpc) is 2.68. The van der Waals surface area contributed by atoms with Gasteiger partial charge in [0.1, 0.15) is 18.1 Å².